The fraction of sp³-hybridized carbons (Fsp3) is 0.452. The second-order valence-corrected chi connectivity index (χ2v) is 10.0. The average Bonchev–Trinajstić information content (AvgIpc) is 3.35. The predicted octanol–water partition coefficient (Wildman–Crippen LogP) is 4.29. The molecule has 1 aromatic heterocycles. The zero-order valence-corrected chi connectivity index (χ0v) is 22.6. The monoisotopic (exact) mass is 519 g/mol. The van der Waals surface area contributed by atoms with Crippen LogP contribution < -0.4 is 14.8 Å². The Hall–Kier alpha value is -2.97. The minimum absolute atomic E-state index is 0.175. The number of β-amino-alcohol motifs (C(OH)–C–C–N with tert-alkyl or cyclic N) is 1. The molecule has 0 amide bonds. The summed E-state index contributed by atoms with van der Waals surface area (Å²) in [6.45, 7) is 9.41. The first-order valence-electron chi connectivity index (χ1n) is 13.7. The van der Waals surface area contributed by atoms with E-state index in [1.807, 2.05) is 36.4 Å². The maximum Gasteiger partial charge on any atom is 0.122 e. The number of aliphatic hydroxyl groups excluding tert-OH is 2. The van der Waals surface area contributed by atoms with Crippen LogP contribution in [0.3, 0.4) is 0 Å². The second kappa shape index (κ2) is 14.3. The Morgan fingerprint density at radius 2 is 1.66 bits per heavy atom. The van der Waals surface area contributed by atoms with Crippen LogP contribution in [0.25, 0.3) is 11.1 Å². The minimum Gasteiger partial charge on any atom is -0.493 e. The topological polar surface area (TPSA) is 87.1 Å². The van der Waals surface area contributed by atoms with E-state index in [4.69, 9.17) is 9.47 Å². The molecular formula is C31H41N3O4. The number of nitrogens with zero attached hydrogens (tertiary/aromatic N) is 2. The molecule has 38 heavy (non-hydrogen) atoms. The van der Waals surface area contributed by atoms with Gasteiger partial charge in [-0.05, 0) is 80.1 Å². The number of aliphatic hydroxyl groups is 2. The summed E-state index contributed by atoms with van der Waals surface area (Å²) in [6.07, 6.45) is 5.30. The summed E-state index contributed by atoms with van der Waals surface area (Å²) < 4.78 is 12.3. The van der Waals surface area contributed by atoms with Crippen molar-refractivity contribution < 1.29 is 19.7 Å². The molecule has 0 aliphatic carbocycles. The average molecular weight is 520 g/mol. The van der Waals surface area contributed by atoms with Crippen LogP contribution in [-0.4, -0.2) is 72.1 Å². The van der Waals surface area contributed by atoms with Gasteiger partial charge in [0, 0.05) is 44.1 Å². The van der Waals surface area contributed by atoms with Crippen molar-refractivity contribution in [2.45, 2.75) is 45.3 Å². The lowest BCUT2D eigenvalue weighted by atomic mass is 9.95. The van der Waals surface area contributed by atoms with Gasteiger partial charge >= 0.3 is 0 Å². The third kappa shape index (κ3) is 7.77. The highest BCUT2D eigenvalue weighted by Gasteiger charge is 2.19. The Morgan fingerprint density at radius 3 is 2.26 bits per heavy atom. The van der Waals surface area contributed by atoms with E-state index in [0.717, 1.165) is 84.8 Å². The zero-order valence-electron chi connectivity index (χ0n) is 22.6. The molecule has 3 aromatic rings. The lowest BCUT2D eigenvalue weighted by Gasteiger charge is -2.18. The molecule has 3 N–H and O–H groups in total. The van der Waals surface area contributed by atoms with Crippen LogP contribution in [0.5, 0.6) is 11.5 Å². The molecular weight excluding hydrogens is 478 g/mol. The maximum atomic E-state index is 10.2. The molecule has 2 heterocycles. The van der Waals surface area contributed by atoms with Crippen LogP contribution in [0.2, 0.25) is 0 Å². The number of ether oxygens (including phenoxy) is 2. The predicted molar refractivity (Wildman–Crippen MR) is 151 cm³/mol. The summed E-state index contributed by atoms with van der Waals surface area (Å²) in [7, 11) is 0. The minimum atomic E-state index is -0.564. The first kappa shape index (κ1) is 28.0. The molecule has 7 nitrogen and oxygen atoms in total. The molecule has 0 radical (unpaired) electrons. The molecule has 1 saturated heterocycles. The summed E-state index contributed by atoms with van der Waals surface area (Å²) in [4.78, 5) is 6.35. The van der Waals surface area contributed by atoms with E-state index in [-0.39, 0.29) is 6.10 Å². The molecule has 0 saturated carbocycles. The highest BCUT2D eigenvalue weighted by molar-refractivity contribution is 5.74. The van der Waals surface area contributed by atoms with E-state index in [9.17, 15) is 10.2 Å². The van der Waals surface area contributed by atoms with Gasteiger partial charge in [-0.15, -0.1) is 0 Å². The van der Waals surface area contributed by atoms with Crippen LogP contribution in [0, 0.1) is 13.8 Å². The fourth-order valence-electron chi connectivity index (χ4n) is 4.92. The molecule has 7 heteroatoms. The van der Waals surface area contributed by atoms with Gasteiger partial charge in [-0.3, -0.25) is 4.98 Å². The number of hydrogen-bond donors (Lipinski definition) is 3. The highest BCUT2D eigenvalue weighted by Crippen LogP contribution is 2.35. The Bertz CT molecular complexity index is 1140. The van der Waals surface area contributed by atoms with E-state index < -0.39 is 6.10 Å². The van der Waals surface area contributed by atoms with Crippen LogP contribution >= 0.6 is 0 Å². The molecule has 0 spiro atoms. The van der Waals surface area contributed by atoms with Gasteiger partial charge in [-0.2, -0.15) is 0 Å². The normalized spacial score (nSPS) is 16.5. The number of pyridine rings is 1. The van der Waals surface area contributed by atoms with Crippen molar-refractivity contribution >= 4 is 0 Å². The van der Waals surface area contributed by atoms with Gasteiger partial charge in [0.15, 0.2) is 0 Å². The van der Waals surface area contributed by atoms with E-state index in [0.29, 0.717) is 19.8 Å². The molecule has 0 bridgehead atoms. The molecule has 2 aromatic carbocycles. The van der Waals surface area contributed by atoms with Gasteiger partial charge in [-0.25, -0.2) is 0 Å². The van der Waals surface area contributed by atoms with Crippen LogP contribution in [0.4, 0.5) is 0 Å². The van der Waals surface area contributed by atoms with E-state index >= 15 is 0 Å². The molecule has 4 rings (SSSR count). The molecule has 204 valence electrons. The molecule has 2 atom stereocenters. The van der Waals surface area contributed by atoms with Crippen molar-refractivity contribution in [2.24, 2.45) is 0 Å². The first-order chi connectivity index (χ1) is 18.5. The van der Waals surface area contributed by atoms with E-state index in [1.54, 1.807) is 12.4 Å². The number of hydrogen-bond acceptors (Lipinski definition) is 7. The smallest absolute Gasteiger partial charge is 0.122 e. The summed E-state index contributed by atoms with van der Waals surface area (Å²) in [5.74, 6) is 1.80. The van der Waals surface area contributed by atoms with Crippen molar-refractivity contribution in [2.75, 3.05) is 45.9 Å². The second-order valence-electron chi connectivity index (χ2n) is 10.0. The summed E-state index contributed by atoms with van der Waals surface area (Å²) in [5, 5.41) is 23.2. The molecule has 1 unspecified atom stereocenters. The third-order valence-electron chi connectivity index (χ3n) is 7.14. The summed E-state index contributed by atoms with van der Waals surface area (Å²) >= 11 is 0. The number of benzene rings is 2. The van der Waals surface area contributed by atoms with Crippen molar-refractivity contribution in [1.82, 2.24) is 15.2 Å². The van der Waals surface area contributed by atoms with Crippen LogP contribution in [0.15, 0.2) is 60.9 Å². The van der Waals surface area contributed by atoms with Crippen molar-refractivity contribution in [3.8, 4) is 22.6 Å². The largest absolute Gasteiger partial charge is 0.493 e. The molecule has 1 aliphatic heterocycles. The first-order valence-corrected chi connectivity index (χ1v) is 13.7. The highest BCUT2D eigenvalue weighted by atomic mass is 16.5. The van der Waals surface area contributed by atoms with E-state index in [2.05, 4.69) is 41.2 Å². The van der Waals surface area contributed by atoms with Crippen molar-refractivity contribution in [3.05, 3.63) is 77.6 Å². The van der Waals surface area contributed by atoms with E-state index in [1.165, 1.54) is 0 Å². The lowest BCUT2D eigenvalue weighted by molar-refractivity contribution is 0.173. The Kier molecular flexibility index (Phi) is 10.5. The SMILES string of the molecule is Cc1c(OCCCNCC(O)c2cccnc2)cccc1-c1cccc(OCCCN2CC[C@@H](O)C2)c1C. The van der Waals surface area contributed by atoms with Gasteiger partial charge in [0.2, 0.25) is 0 Å². The Labute approximate surface area is 226 Å². The molecule has 1 fully saturated rings. The van der Waals surface area contributed by atoms with Gasteiger partial charge in [0.25, 0.3) is 0 Å². The third-order valence-corrected chi connectivity index (χ3v) is 7.14. The van der Waals surface area contributed by atoms with Gasteiger partial charge in [0.05, 0.1) is 25.4 Å². The summed E-state index contributed by atoms with van der Waals surface area (Å²) in [5.41, 5.74) is 5.35. The number of nitrogens with one attached hydrogen (secondary N) is 1. The number of rotatable bonds is 14. The quantitative estimate of drug-likeness (QED) is 0.274. The van der Waals surface area contributed by atoms with Crippen molar-refractivity contribution in [3.63, 3.8) is 0 Å². The number of likely N-dealkylation sites (tertiary alicyclic amines) is 1. The molecule has 1 aliphatic rings. The Morgan fingerprint density at radius 1 is 0.974 bits per heavy atom. The summed E-state index contributed by atoms with van der Waals surface area (Å²) in [6, 6.07) is 16.1. The standard InChI is InChI=1S/C31H41N3O4/c1-23-27(28-10-4-12-31(24(28)2)38-19-7-16-34-17-13-26(35)22-34)9-3-11-30(23)37-18-6-15-33-21-29(36)25-8-5-14-32-20-25/h3-5,8-12,14,20,26,29,33,35-36H,6-7,13,15-19,21-22H2,1-2H3/t26-,29?/m1/s1. The van der Waals surface area contributed by atoms with Gasteiger partial charge in [-0.1, -0.05) is 30.3 Å². The number of aromatic nitrogens is 1. The Balaban J connectivity index is 1.25. The van der Waals surface area contributed by atoms with Crippen molar-refractivity contribution in [1.29, 1.82) is 0 Å². The maximum absolute atomic E-state index is 10.2. The zero-order chi connectivity index (χ0) is 26.7. The lowest BCUT2D eigenvalue weighted by Crippen LogP contribution is -2.24. The van der Waals surface area contributed by atoms with Gasteiger partial charge < -0.3 is 29.9 Å². The van der Waals surface area contributed by atoms with Crippen LogP contribution in [-0.2, 0) is 0 Å². The van der Waals surface area contributed by atoms with Crippen LogP contribution in [0.1, 0.15) is 42.1 Å². The van der Waals surface area contributed by atoms with Gasteiger partial charge in [0.1, 0.15) is 11.5 Å². The fourth-order valence-corrected chi connectivity index (χ4v) is 4.92.